The number of rotatable bonds is 6. The zero-order valence-electron chi connectivity index (χ0n) is 11.2. The van der Waals surface area contributed by atoms with E-state index in [-0.39, 0.29) is 11.4 Å². The predicted molar refractivity (Wildman–Crippen MR) is 70.5 cm³/mol. The second-order valence-electron chi connectivity index (χ2n) is 5.14. The highest BCUT2D eigenvalue weighted by Gasteiger charge is 2.38. The molecule has 0 spiro atoms. The Bertz CT molecular complexity index is 401. The van der Waals surface area contributed by atoms with Gasteiger partial charge in [0.25, 0.3) is 0 Å². The molecule has 18 heavy (non-hydrogen) atoms. The maximum atomic E-state index is 12.0. The molecule has 3 heteroatoms. The number of ketones is 1. The molecule has 1 aliphatic rings. The molecule has 0 saturated heterocycles. The number of carbonyl (C=O) groups excluding carboxylic acids is 1. The predicted octanol–water partition coefficient (Wildman–Crippen LogP) is 2.71. The lowest BCUT2D eigenvalue weighted by molar-refractivity contribution is -0.131. The maximum Gasteiger partial charge on any atom is 0.141 e. The smallest absolute Gasteiger partial charge is 0.141 e. The molecule has 0 unspecified atom stereocenters. The minimum atomic E-state index is -0.166. The maximum absolute atomic E-state index is 12.0. The van der Waals surface area contributed by atoms with Crippen LogP contribution in [0.4, 0.5) is 0 Å². The number of pyridine rings is 1. The summed E-state index contributed by atoms with van der Waals surface area (Å²) in [6.07, 6.45) is 6.99. The highest BCUT2D eigenvalue weighted by Crippen LogP contribution is 2.38. The Hall–Kier alpha value is -1.22. The van der Waals surface area contributed by atoms with Crippen LogP contribution in [0.3, 0.4) is 0 Å². The summed E-state index contributed by atoms with van der Waals surface area (Å²) in [7, 11) is 1.71. The Kier molecular flexibility index (Phi) is 4.12. The first-order valence-electron chi connectivity index (χ1n) is 6.68. The minimum absolute atomic E-state index is 0.166. The van der Waals surface area contributed by atoms with Gasteiger partial charge in [-0.25, -0.2) is 0 Å². The van der Waals surface area contributed by atoms with Crippen molar-refractivity contribution in [2.75, 3.05) is 7.11 Å². The van der Waals surface area contributed by atoms with E-state index in [0.717, 1.165) is 25.0 Å². The molecule has 1 aromatic rings. The van der Waals surface area contributed by atoms with E-state index in [1.165, 1.54) is 12.0 Å². The number of methoxy groups -OCH3 is 1. The molecule has 1 heterocycles. The molecule has 98 valence electrons. The van der Waals surface area contributed by atoms with Gasteiger partial charge in [0.05, 0.1) is 5.60 Å². The third-order valence-corrected chi connectivity index (χ3v) is 3.89. The van der Waals surface area contributed by atoms with Crippen LogP contribution in [0.1, 0.15) is 43.9 Å². The van der Waals surface area contributed by atoms with Gasteiger partial charge in [0, 0.05) is 31.8 Å². The fourth-order valence-corrected chi connectivity index (χ4v) is 2.42. The van der Waals surface area contributed by atoms with Gasteiger partial charge in [-0.3, -0.25) is 9.78 Å². The summed E-state index contributed by atoms with van der Waals surface area (Å²) in [6.45, 7) is 2.10. The number of nitrogens with zero attached hydrogens (tertiary/aromatic N) is 1. The van der Waals surface area contributed by atoms with Crippen LogP contribution >= 0.6 is 0 Å². The SMILES string of the molecule is CCc1ccc(CC(=O)CC2(OC)CCC2)nc1. The van der Waals surface area contributed by atoms with Crippen molar-refractivity contribution in [3.63, 3.8) is 0 Å². The van der Waals surface area contributed by atoms with Crippen molar-refractivity contribution < 1.29 is 9.53 Å². The largest absolute Gasteiger partial charge is 0.378 e. The Balaban J connectivity index is 1.90. The third-order valence-electron chi connectivity index (χ3n) is 3.89. The van der Waals surface area contributed by atoms with Gasteiger partial charge in [-0.05, 0) is 37.3 Å². The molecule has 1 aliphatic carbocycles. The molecule has 0 N–H and O–H groups in total. The van der Waals surface area contributed by atoms with Crippen LogP contribution in [0.5, 0.6) is 0 Å². The topological polar surface area (TPSA) is 39.2 Å². The van der Waals surface area contributed by atoms with Crippen molar-refractivity contribution in [3.05, 3.63) is 29.6 Å². The zero-order valence-corrected chi connectivity index (χ0v) is 11.2. The van der Waals surface area contributed by atoms with E-state index in [0.29, 0.717) is 12.8 Å². The van der Waals surface area contributed by atoms with E-state index in [2.05, 4.69) is 11.9 Å². The van der Waals surface area contributed by atoms with E-state index < -0.39 is 0 Å². The van der Waals surface area contributed by atoms with Gasteiger partial charge in [0.2, 0.25) is 0 Å². The van der Waals surface area contributed by atoms with Crippen molar-refractivity contribution in [2.45, 2.75) is 51.0 Å². The standard InChI is InChI=1S/C15H21NO2/c1-3-12-5-6-13(16-11-12)9-14(17)10-15(18-2)7-4-8-15/h5-6,11H,3-4,7-10H2,1-2H3. The van der Waals surface area contributed by atoms with Crippen LogP contribution in [0.25, 0.3) is 0 Å². The Morgan fingerprint density at radius 2 is 2.22 bits per heavy atom. The highest BCUT2D eigenvalue weighted by molar-refractivity contribution is 5.81. The van der Waals surface area contributed by atoms with Crippen molar-refractivity contribution in [1.82, 2.24) is 4.98 Å². The molecular weight excluding hydrogens is 226 g/mol. The number of Topliss-reactive ketones (excluding diaryl/α,β-unsaturated/α-hetero) is 1. The average molecular weight is 247 g/mol. The number of hydrogen-bond donors (Lipinski definition) is 0. The lowest BCUT2D eigenvalue weighted by Gasteiger charge is -2.40. The van der Waals surface area contributed by atoms with Crippen LogP contribution in [-0.2, 0) is 22.4 Å². The van der Waals surface area contributed by atoms with E-state index in [1.54, 1.807) is 7.11 Å². The van der Waals surface area contributed by atoms with Crippen LogP contribution in [-0.4, -0.2) is 23.5 Å². The molecule has 2 rings (SSSR count). The molecule has 0 bridgehead atoms. The first-order valence-corrected chi connectivity index (χ1v) is 6.68. The number of aromatic nitrogens is 1. The first kappa shape index (κ1) is 13.2. The number of carbonyl (C=O) groups is 1. The number of hydrogen-bond acceptors (Lipinski definition) is 3. The molecular formula is C15H21NO2. The molecule has 0 amide bonds. The van der Waals surface area contributed by atoms with Crippen LogP contribution in [0.15, 0.2) is 18.3 Å². The normalized spacial score (nSPS) is 17.2. The first-order chi connectivity index (χ1) is 8.67. The van der Waals surface area contributed by atoms with Crippen molar-refractivity contribution in [2.24, 2.45) is 0 Å². The molecule has 1 aromatic heterocycles. The van der Waals surface area contributed by atoms with Gasteiger partial charge in [0.1, 0.15) is 5.78 Å². The highest BCUT2D eigenvalue weighted by atomic mass is 16.5. The summed E-state index contributed by atoms with van der Waals surface area (Å²) in [4.78, 5) is 16.3. The van der Waals surface area contributed by atoms with Crippen LogP contribution in [0.2, 0.25) is 0 Å². The summed E-state index contributed by atoms with van der Waals surface area (Å²) in [5, 5.41) is 0. The van der Waals surface area contributed by atoms with E-state index >= 15 is 0 Å². The van der Waals surface area contributed by atoms with Gasteiger partial charge in [-0.15, -0.1) is 0 Å². The van der Waals surface area contributed by atoms with Crippen LogP contribution < -0.4 is 0 Å². The second-order valence-corrected chi connectivity index (χ2v) is 5.14. The Morgan fingerprint density at radius 3 is 2.67 bits per heavy atom. The second kappa shape index (κ2) is 5.61. The summed E-state index contributed by atoms with van der Waals surface area (Å²) >= 11 is 0. The fraction of sp³-hybridized carbons (Fsp3) is 0.600. The molecule has 0 atom stereocenters. The van der Waals surface area contributed by atoms with Crippen molar-refractivity contribution in [1.29, 1.82) is 0 Å². The van der Waals surface area contributed by atoms with Gasteiger partial charge in [-0.2, -0.15) is 0 Å². The molecule has 1 saturated carbocycles. The summed E-state index contributed by atoms with van der Waals surface area (Å²) in [6, 6.07) is 4.00. The zero-order chi connectivity index (χ0) is 13.0. The third kappa shape index (κ3) is 2.96. The van der Waals surface area contributed by atoms with Gasteiger partial charge < -0.3 is 4.74 Å². The van der Waals surface area contributed by atoms with E-state index in [4.69, 9.17) is 4.74 Å². The number of aryl methyl sites for hydroxylation is 1. The number of ether oxygens (including phenoxy) is 1. The fourth-order valence-electron chi connectivity index (χ4n) is 2.42. The van der Waals surface area contributed by atoms with E-state index in [9.17, 15) is 4.79 Å². The minimum Gasteiger partial charge on any atom is -0.378 e. The van der Waals surface area contributed by atoms with Gasteiger partial charge in [0.15, 0.2) is 0 Å². The van der Waals surface area contributed by atoms with Crippen LogP contribution in [0, 0.1) is 0 Å². The van der Waals surface area contributed by atoms with Crippen molar-refractivity contribution >= 4 is 5.78 Å². The lowest BCUT2D eigenvalue weighted by atomic mass is 9.76. The Morgan fingerprint density at radius 1 is 1.44 bits per heavy atom. The average Bonchev–Trinajstić information content (AvgIpc) is 2.35. The van der Waals surface area contributed by atoms with Gasteiger partial charge in [-0.1, -0.05) is 13.0 Å². The van der Waals surface area contributed by atoms with Crippen molar-refractivity contribution in [3.8, 4) is 0 Å². The monoisotopic (exact) mass is 247 g/mol. The summed E-state index contributed by atoms with van der Waals surface area (Å²) < 4.78 is 5.48. The molecule has 0 aliphatic heterocycles. The molecule has 3 nitrogen and oxygen atoms in total. The van der Waals surface area contributed by atoms with E-state index in [1.807, 2.05) is 18.3 Å². The molecule has 0 aromatic carbocycles. The Labute approximate surface area is 109 Å². The molecule has 0 radical (unpaired) electrons. The lowest BCUT2D eigenvalue weighted by Crippen LogP contribution is -2.41. The quantitative estimate of drug-likeness (QED) is 0.776. The van der Waals surface area contributed by atoms with Gasteiger partial charge >= 0.3 is 0 Å². The summed E-state index contributed by atoms with van der Waals surface area (Å²) in [5.41, 5.74) is 1.90. The molecule has 1 fully saturated rings. The summed E-state index contributed by atoms with van der Waals surface area (Å²) in [5.74, 6) is 0.230.